The first-order valence-corrected chi connectivity index (χ1v) is 9.80. The molecule has 1 aromatic heterocycles. The highest BCUT2D eigenvalue weighted by Gasteiger charge is 2.32. The summed E-state index contributed by atoms with van der Waals surface area (Å²) in [5.74, 6) is 0.901. The predicted molar refractivity (Wildman–Crippen MR) is 84.0 cm³/mol. The van der Waals surface area contributed by atoms with Crippen molar-refractivity contribution in [1.82, 2.24) is 8.87 Å². The molecule has 3 rings (SSSR count). The van der Waals surface area contributed by atoms with E-state index in [1.807, 2.05) is 6.92 Å². The van der Waals surface area contributed by atoms with E-state index in [2.05, 4.69) is 4.57 Å². The zero-order chi connectivity index (χ0) is 15.0. The number of alkyl halides is 1. The zero-order valence-corrected chi connectivity index (χ0v) is 14.0. The Kier molecular flexibility index (Phi) is 4.35. The predicted octanol–water partition coefficient (Wildman–Crippen LogP) is 3.37. The third-order valence-electron chi connectivity index (χ3n) is 4.66. The van der Waals surface area contributed by atoms with E-state index >= 15 is 0 Å². The van der Waals surface area contributed by atoms with Crippen molar-refractivity contribution in [1.29, 1.82) is 0 Å². The summed E-state index contributed by atoms with van der Waals surface area (Å²) < 4.78 is 29.3. The van der Waals surface area contributed by atoms with Crippen LogP contribution in [0.15, 0.2) is 17.2 Å². The van der Waals surface area contributed by atoms with E-state index in [9.17, 15) is 8.42 Å². The van der Waals surface area contributed by atoms with Crippen molar-refractivity contribution in [2.24, 2.45) is 5.92 Å². The minimum Gasteiger partial charge on any atom is -0.346 e. The van der Waals surface area contributed by atoms with Gasteiger partial charge < -0.3 is 4.57 Å². The van der Waals surface area contributed by atoms with Gasteiger partial charge in [0, 0.05) is 31.0 Å². The van der Waals surface area contributed by atoms with Gasteiger partial charge in [-0.2, -0.15) is 4.31 Å². The highest BCUT2D eigenvalue weighted by molar-refractivity contribution is 7.89. The standard InChI is InChI=1S/C15H23ClN2O2S/c1-2-17(10-12-4-3-5-12)21(19,20)15-8-14(9-16)18(11-15)13-6-7-13/h8,11-13H,2-7,9-10H2,1H3. The quantitative estimate of drug-likeness (QED) is 0.719. The van der Waals surface area contributed by atoms with Gasteiger partial charge >= 0.3 is 0 Å². The van der Waals surface area contributed by atoms with E-state index in [1.165, 1.54) is 6.42 Å². The number of halogens is 1. The maximum absolute atomic E-state index is 12.8. The molecule has 2 saturated carbocycles. The Balaban J connectivity index is 1.85. The fourth-order valence-corrected chi connectivity index (χ4v) is 4.74. The first kappa shape index (κ1) is 15.4. The smallest absolute Gasteiger partial charge is 0.244 e. The summed E-state index contributed by atoms with van der Waals surface area (Å²) in [5.41, 5.74) is 0.914. The van der Waals surface area contributed by atoms with Crippen LogP contribution in [0.2, 0.25) is 0 Å². The number of hydrogen-bond acceptors (Lipinski definition) is 2. The monoisotopic (exact) mass is 330 g/mol. The molecule has 0 unspecified atom stereocenters. The SMILES string of the molecule is CCN(CC1CCC1)S(=O)(=O)c1cc(CCl)n(C2CC2)c1. The van der Waals surface area contributed by atoms with E-state index in [1.54, 1.807) is 16.6 Å². The lowest BCUT2D eigenvalue weighted by molar-refractivity contribution is 0.250. The van der Waals surface area contributed by atoms with Crippen LogP contribution in [0.1, 0.15) is 50.8 Å². The molecular formula is C15H23ClN2O2S. The number of hydrogen-bond donors (Lipinski definition) is 0. The van der Waals surface area contributed by atoms with Crippen LogP contribution in [0.5, 0.6) is 0 Å². The van der Waals surface area contributed by atoms with Crippen molar-refractivity contribution in [2.45, 2.75) is 55.8 Å². The molecule has 2 aliphatic rings. The maximum atomic E-state index is 12.8. The molecule has 0 spiro atoms. The minimum absolute atomic E-state index is 0.362. The summed E-state index contributed by atoms with van der Waals surface area (Å²) in [7, 11) is -3.39. The third-order valence-corrected chi connectivity index (χ3v) is 6.84. The molecule has 0 aliphatic heterocycles. The van der Waals surface area contributed by atoms with Gasteiger partial charge in [-0.05, 0) is 37.7 Å². The Hall–Kier alpha value is -0.520. The van der Waals surface area contributed by atoms with E-state index in [0.717, 1.165) is 31.4 Å². The van der Waals surface area contributed by atoms with E-state index in [-0.39, 0.29) is 0 Å². The molecule has 2 aliphatic carbocycles. The third kappa shape index (κ3) is 3.01. The molecular weight excluding hydrogens is 308 g/mol. The number of rotatable bonds is 7. The van der Waals surface area contributed by atoms with Gasteiger partial charge in [-0.1, -0.05) is 13.3 Å². The van der Waals surface area contributed by atoms with Crippen molar-refractivity contribution >= 4 is 21.6 Å². The van der Waals surface area contributed by atoms with Crippen molar-refractivity contribution in [3.05, 3.63) is 18.0 Å². The van der Waals surface area contributed by atoms with Gasteiger partial charge in [-0.15, -0.1) is 11.6 Å². The highest BCUT2D eigenvalue weighted by Crippen LogP contribution is 2.38. The van der Waals surface area contributed by atoms with Crippen molar-refractivity contribution in [2.75, 3.05) is 13.1 Å². The van der Waals surface area contributed by atoms with E-state index < -0.39 is 10.0 Å². The van der Waals surface area contributed by atoms with Crippen LogP contribution in [0.4, 0.5) is 0 Å². The summed E-state index contributed by atoms with van der Waals surface area (Å²) in [5, 5.41) is 0. The van der Waals surface area contributed by atoms with Gasteiger partial charge in [0.05, 0.1) is 5.88 Å². The topological polar surface area (TPSA) is 42.3 Å². The van der Waals surface area contributed by atoms with Crippen LogP contribution in [0, 0.1) is 5.92 Å². The molecule has 0 amide bonds. The Morgan fingerprint density at radius 2 is 2.05 bits per heavy atom. The summed E-state index contributed by atoms with van der Waals surface area (Å²) in [6.07, 6.45) is 7.57. The van der Waals surface area contributed by atoms with E-state index in [4.69, 9.17) is 11.6 Å². The normalized spacial score (nSPS) is 20.0. The number of nitrogens with zero attached hydrogens (tertiary/aromatic N) is 2. The van der Waals surface area contributed by atoms with Crippen LogP contribution in [0.25, 0.3) is 0 Å². The molecule has 2 fully saturated rings. The van der Waals surface area contributed by atoms with Crippen molar-refractivity contribution < 1.29 is 8.42 Å². The second kappa shape index (κ2) is 5.94. The van der Waals surface area contributed by atoms with Gasteiger partial charge in [0.2, 0.25) is 10.0 Å². The Bertz CT molecular complexity index is 603. The first-order valence-electron chi connectivity index (χ1n) is 7.83. The average molecular weight is 331 g/mol. The van der Waals surface area contributed by atoms with Crippen LogP contribution in [0.3, 0.4) is 0 Å². The summed E-state index contributed by atoms with van der Waals surface area (Å²) in [6, 6.07) is 2.20. The largest absolute Gasteiger partial charge is 0.346 e. The Morgan fingerprint density at radius 1 is 1.33 bits per heavy atom. The number of sulfonamides is 1. The minimum atomic E-state index is -3.39. The molecule has 118 valence electrons. The lowest BCUT2D eigenvalue weighted by Gasteiger charge is -2.30. The molecule has 0 N–H and O–H groups in total. The van der Waals surface area contributed by atoms with Crippen LogP contribution in [-0.4, -0.2) is 30.4 Å². The first-order chi connectivity index (χ1) is 10.1. The van der Waals surface area contributed by atoms with Gasteiger partial charge in [0.15, 0.2) is 0 Å². The average Bonchev–Trinajstić information content (AvgIpc) is 3.16. The summed E-state index contributed by atoms with van der Waals surface area (Å²) in [6.45, 7) is 3.10. The van der Waals surface area contributed by atoms with Gasteiger partial charge in [-0.25, -0.2) is 8.42 Å². The number of aromatic nitrogens is 1. The van der Waals surface area contributed by atoms with Gasteiger partial charge in [0.25, 0.3) is 0 Å². The van der Waals surface area contributed by atoms with Gasteiger partial charge in [-0.3, -0.25) is 0 Å². The second-order valence-electron chi connectivity index (χ2n) is 6.19. The Labute approximate surface area is 132 Å². The molecule has 0 bridgehead atoms. The fourth-order valence-electron chi connectivity index (χ4n) is 2.95. The fraction of sp³-hybridized carbons (Fsp3) is 0.733. The molecule has 1 heterocycles. The lowest BCUT2D eigenvalue weighted by Crippen LogP contribution is -2.37. The molecule has 0 saturated heterocycles. The lowest BCUT2D eigenvalue weighted by atomic mass is 9.85. The molecule has 0 aromatic carbocycles. The summed E-state index contributed by atoms with van der Waals surface area (Å²) in [4.78, 5) is 0.409. The van der Waals surface area contributed by atoms with Gasteiger partial charge in [0.1, 0.15) is 4.90 Å². The zero-order valence-electron chi connectivity index (χ0n) is 12.5. The molecule has 1 aromatic rings. The summed E-state index contributed by atoms with van der Waals surface area (Å²) >= 11 is 5.97. The highest BCUT2D eigenvalue weighted by atomic mass is 35.5. The molecule has 4 nitrogen and oxygen atoms in total. The second-order valence-corrected chi connectivity index (χ2v) is 8.40. The van der Waals surface area contributed by atoms with Crippen molar-refractivity contribution in [3.63, 3.8) is 0 Å². The molecule has 21 heavy (non-hydrogen) atoms. The molecule has 0 radical (unpaired) electrons. The van der Waals surface area contributed by atoms with Crippen LogP contribution < -0.4 is 0 Å². The van der Waals surface area contributed by atoms with Crippen LogP contribution in [-0.2, 0) is 15.9 Å². The molecule has 6 heteroatoms. The van der Waals surface area contributed by atoms with E-state index in [0.29, 0.717) is 35.8 Å². The maximum Gasteiger partial charge on any atom is 0.244 e. The van der Waals surface area contributed by atoms with Crippen LogP contribution >= 0.6 is 11.6 Å². The molecule has 0 atom stereocenters. The van der Waals surface area contributed by atoms with Crippen molar-refractivity contribution in [3.8, 4) is 0 Å². The Morgan fingerprint density at radius 3 is 2.52 bits per heavy atom.